The van der Waals surface area contributed by atoms with Gasteiger partial charge in [0.05, 0.1) is 17.8 Å². The highest BCUT2D eigenvalue weighted by Gasteiger charge is 2.14. The van der Waals surface area contributed by atoms with Gasteiger partial charge in [0.2, 0.25) is 5.90 Å². The Labute approximate surface area is 113 Å². The van der Waals surface area contributed by atoms with Crippen molar-refractivity contribution < 1.29 is 4.74 Å². The van der Waals surface area contributed by atoms with Crippen molar-refractivity contribution in [3.63, 3.8) is 0 Å². The number of para-hydroxylation sites is 2. The molecule has 1 aliphatic rings. The quantitative estimate of drug-likeness (QED) is 0.907. The van der Waals surface area contributed by atoms with E-state index >= 15 is 0 Å². The van der Waals surface area contributed by atoms with Crippen LogP contribution in [0.1, 0.15) is 11.1 Å². The van der Waals surface area contributed by atoms with Crippen LogP contribution in [0, 0.1) is 6.92 Å². The molecule has 2 aromatic carbocycles. The Kier molecular flexibility index (Phi) is 3.19. The van der Waals surface area contributed by atoms with E-state index in [0.29, 0.717) is 12.5 Å². The van der Waals surface area contributed by atoms with Gasteiger partial charge in [-0.2, -0.15) is 0 Å². The zero-order valence-electron chi connectivity index (χ0n) is 10.6. The number of anilines is 2. The SMILES string of the molecule is [CH2]c1ccccc1Nc1ccccc1C1=NCCO1. The van der Waals surface area contributed by atoms with Crippen molar-refractivity contribution in [2.75, 3.05) is 18.5 Å². The van der Waals surface area contributed by atoms with Gasteiger partial charge in [0.25, 0.3) is 0 Å². The molecule has 1 aliphatic heterocycles. The van der Waals surface area contributed by atoms with E-state index in [0.717, 1.165) is 29.0 Å². The van der Waals surface area contributed by atoms with Gasteiger partial charge >= 0.3 is 0 Å². The van der Waals surface area contributed by atoms with Crippen molar-refractivity contribution >= 4 is 17.3 Å². The van der Waals surface area contributed by atoms with E-state index in [1.165, 1.54) is 0 Å². The maximum absolute atomic E-state index is 5.54. The third-order valence-corrected chi connectivity index (χ3v) is 3.03. The van der Waals surface area contributed by atoms with Crippen molar-refractivity contribution in [3.8, 4) is 0 Å². The minimum absolute atomic E-state index is 0.662. The minimum Gasteiger partial charge on any atom is -0.475 e. The number of nitrogens with one attached hydrogen (secondary N) is 1. The molecule has 0 fully saturated rings. The van der Waals surface area contributed by atoms with E-state index < -0.39 is 0 Å². The number of nitrogens with zero attached hydrogens (tertiary/aromatic N) is 1. The molecule has 0 atom stereocenters. The molecule has 0 aromatic heterocycles. The lowest BCUT2D eigenvalue weighted by atomic mass is 10.1. The molecule has 95 valence electrons. The fourth-order valence-electron chi connectivity index (χ4n) is 2.06. The Balaban J connectivity index is 1.95. The third kappa shape index (κ3) is 2.45. The fraction of sp³-hybridized carbons (Fsp3) is 0.125. The van der Waals surface area contributed by atoms with Gasteiger partial charge in [0, 0.05) is 5.69 Å². The topological polar surface area (TPSA) is 33.6 Å². The van der Waals surface area contributed by atoms with E-state index in [-0.39, 0.29) is 0 Å². The van der Waals surface area contributed by atoms with Crippen molar-refractivity contribution in [3.05, 3.63) is 66.6 Å². The highest BCUT2D eigenvalue weighted by molar-refractivity contribution is 6.00. The molecule has 1 heterocycles. The predicted octanol–water partition coefficient (Wildman–Crippen LogP) is 3.39. The summed E-state index contributed by atoms with van der Waals surface area (Å²) in [6, 6.07) is 16.0. The monoisotopic (exact) mass is 251 g/mol. The molecule has 1 radical (unpaired) electrons. The summed E-state index contributed by atoms with van der Waals surface area (Å²) in [5, 5.41) is 3.39. The standard InChI is InChI=1S/C16H15N2O/c1-12-6-2-4-8-14(12)18-15-9-5-3-7-13(15)16-17-10-11-19-16/h2-9,18H,1,10-11H2. The second kappa shape index (κ2) is 5.14. The lowest BCUT2D eigenvalue weighted by Crippen LogP contribution is -2.05. The molecule has 0 amide bonds. The number of ether oxygens (including phenoxy) is 1. The van der Waals surface area contributed by atoms with Crippen LogP contribution >= 0.6 is 0 Å². The number of rotatable bonds is 3. The Morgan fingerprint density at radius 1 is 1.00 bits per heavy atom. The predicted molar refractivity (Wildman–Crippen MR) is 78.0 cm³/mol. The Morgan fingerprint density at radius 2 is 1.74 bits per heavy atom. The van der Waals surface area contributed by atoms with Crippen LogP contribution < -0.4 is 5.32 Å². The van der Waals surface area contributed by atoms with Crippen LogP contribution in [-0.4, -0.2) is 19.0 Å². The molecule has 0 unspecified atom stereocenters. The van der Waals surface area contributed by atoms with Gasteiger partial charge in [0.15, 0.2) is 0 Å². The van der Waals surface area contributed by atoms with Gasteiger partial charge in [-0.25, -0.2) is 4.99 Å². The molecule has 0 aliphatic carbocycles. The maximum atomic E-state index is 5.54. The van der Waals surface area contributed by atoms with E-state index in [4.69, 9.17) is 4.74 Å². The summed E-state index contributed by atoms with van der Waals surface area (Å²) in [6.45, 7) is 5.41. The van der Waals surface area contributed by atoms with Crippen LogP contribution in [0.2, 0.25) is 0 Å². The average Bonchev–Trinajstić information content (AvgIpc) is 2.96. The molecule has 0 bridgehead atoms. The Bertz CT molecular complexity index is 620. The van der Waals surface area contributed by atoms with E-state index in [9.17, 15) is 0 Å². The Hall–Kier alpha value is -2.29. The normalized spacial score (nSPS) is 13.8. The zero-order valence-corrected chi connectivity index (χ0v) is 10.6. The molecule has 2 aromatic rings. The average molecular weight is 251 g/mol. The number of aliphatic imine (C=N–C) groups is 1. The first-order valence-electron chi connectivity index (χ1n) is 6.29. The van der Waals surface area contributed by atoms with E-state index in [1.54, 1.807) is 0 Å². The fourth-order valence-corrected chi connectivity index (χ4v) is 2.06. The lowest BCUT2D eigenvalue weighted by molar-refractivity contribution is 0.348. The van der Waals surface area contributed by atoms with Crippen LogP contribution in [0.25, 0.3) is 0 Å². The van der Waals surface area contributed by atoms with Gasteiger partial charge in [-0.15, -0.1) is 0 Å². The van der Waals surface area contributed by atoms with Crippen molar-refractivity contribution in [2.45, 2.75) is 0 Å². The molecular formula is C16H15N2O. The van der Waals surface area contributed by atoms with Crippen molar-refractivity contribution in [2.24, 2.45) is 4.99 Å². The third-order valence-electron chi connectivity index (χ3n) is 3.03. The summed E-state index contributed by atoms with van der Waals surface area (Å²) in [5.74, 6) is 0.713. The van der Waals surface area contributed by atoms with Gasteiger partial charge < -0.3 is 10.1 Å². The number of hydrogen-bond acceptors (Lipinski definition) is 3. The van der Waals surface area contributed by atoms with Gasteiger partial charge in [-0.1, -0.05) is 30.3 Å². The number of hydrogen-bond donors (Lipinski definition) is 1. The zero-order chi connectivity index (χ0) is 13.1. The van der Waals surface area contributed by atoms with Crippen molar-refractivity contribution in [1.29, 1.82) is 0 Å². The highest BCUT2D eigenvalue weighted by atomic mass is 16.5. The second-order valence-corrected chi connectivity index (χ2v) is 4.36. The molecule has 0 saturated heterocycles. The first-order chi connectivity index (χ1) is 9.34. The molecule has 0 spiro atoms. The molecule has 1 N–H and O–H groups in total. The molecule has 3 heteroatoms. The maximum Gasteiger partial charge on any atom is 0.218 e. The first-order valence-corrected chi connectivity index (χ1v) is 6.29. The largest absolute Gasteiger partial charge is 0.475 e. The first kappa shape index (κ1) is 11.8. The summed E-state index contributed by atoms with van der Waals surface area (Å²) >= 11 is 0. The summed E-state index contributed by atoms with van der Waals surface area (Å²) in [6.07, 6.45) is 0. The lowest BCUT2D eigenvalue weighted by Gasteiger charge is -2.13. The summed E-state index contributed by atoms with van der Waals surface area (Å²) < 4.78 is 5.54. The second-order valence-electron chi connectivity index (χ2n) is 4.36. The van der Waals surface area contributed by atoms with Gasteiger partial charge in [-0.3, -0.25) is 0 Å². The molecular weight excluding hydrogens is 236 g/mol. The Morgan fingerprint density at radius 3 is 2.47 bits per heavy atom. The van der Waals surface area contributed by atoms with Crippen LogP contribution in [0.3, 0.4) is 0 Å². The molecule has 0 saturated carbocycles. The van der Waals surface area contributed by atoms with Crippen LogP contribution in [-0.2, 0) is 4.74 Å². The van der Waals surface area contributed by atoms with E-state index in [1.807, 2.05) is 48.5 Å². The van der Waals surface area contributed by atoms with Gasteiger partial charge in [-0.05, 0) is 30.7 Å². The highest BCUT2D eigenvalue weighted by Crippen LogP contribution is 2.24. The number of benzene rings is 2. The van der Waals surface area contributed by atoms with Crippen LogP contribution in [0.5, 0.6) is 0 Å². The van der Waals surface area contributed by atoms with Crippen LogP contribution in [0.4, 0.5) is 11.4 Å². The van der Waals surface area contributed by atoms with Gasteiger partial charge in [0.1, 0.15) is 6.61 Å². The summed E-state index contributed by atoms with van der Waals surface area (Å²) in [7, 11) is 0. The minimum atomic E-state index is 0.662. The van der Waals surface area contributed by atoms with E-state index in [2.05, 4.69) is 17.2 Å². The smallest absolute Gasteiger partial charge is 0.218 e. The van der Waals surface area contributed by atoms with Crippen LogP contribution in [0.15, 0.2) is 53.5 Å². The summed E-state index contributed by atoms with van der Waals surface area (Å²) in [4.78, 5) is 4.37. The summed E-state index contributed by atoms with van der Waals surface area (Å²) in [5.41, 5.74) is 3.93. The molecule has 19 heavy (non-hydrogen) atoms. The van der Waals surface area contributed by atoms with Crippen molar-refractivity contribution in [1.82, 2.24) is 0 Å². The molecule has 3 nitrogen and oxygen atoms in total. The molecule has 3 rings (SSSR count).